The number of methoxy groups -OCH3 is 1. The van der Waals surface area contributed by atoms with Gasteiger partial charge in [0.2, 0.25) is 0 Å². The predicted octanol–water partition coefficient (Wildman–Crippen LogP) is 1.41. The maximum Gasteiger partial charge on any atom is 0.360 e. The lowest BCUT2D eigenvalue weighted by Crippen LogP contribution is -2.15. The zero-order valence-electron chi connectivity index (χ0n) is 11.3. The van der Waals surface area contributed by atoms with E-state index in [0.29, 0.717) is 18.7 Å². The van der Waals surface area contributed by atoms with Crippen molar-refractivity contribution in [1.29, 1.82) is 0 Å². The van der Waals surface area contributed by atoms with Crippen LogP contribution in [0.5, 0.6) is 0 Å². The molecule has 0 aliphatic heterocycles. The second-order valence-corrected chi connectivity index (χ2v) is 4.68. The number of hydrogen-bond acceptors (Lipinski definition) is 5. The van der Waals surface area contributed by atoms with Crippen molar-refractivity contribution in [3.63, 3.8) is 0 Å². The number of halogens is 2. The molecule has 0 amide bonds. The smallest absolute Gasteiger partial charge is 0.360 e. The molecule has 2 N–H and O–H groups in total. The number of nitrogens with zero attached hydrogens (tertiary/aromatic N) is 3. The highest BCUT2D eigenvalue weighted by molar-refractivity contribution is 6.31. The van der Waals surface area contributed by atoms with Gasteiger partial charge in [0.15, 0.2) is 5.69 Å². The normalized spacial score (nSPS) is 10.7. The van der Waals surface area contributed by atoms with Crippen LogP contribution in [0.2, 0.25) is 5.02 Å². The highest BCUT2D eigenvalue weighted by Gasteiger charge is 2.21. The van der Waals surface area contributed by atoms with Crippen LogP contribution in [-0.2, 0) is 17.7 Å². The molecular weight excluding hydrogens is 299 g/mol. The summed E-state index contributed by atoms with van der Waals surface area (Å²) in [6.07, 6.45) is 0.365. The summed E-state index contributed by atoms with van der Waals surface area (Å²) < 4.78 is 19.9. The molecule has 0 atom stereocenters. The van der Waals surface area contributed by atoms with E-state index in [1.54, 1.807) is 6.07 Å². The molecular formula is C13H14ClFN4O2. The van der Waals surface area contributed by atoms with E-state index in [0.717, 1.165) is 0 Å². The van der Waals surface area contributed by atoms with E-state index < -0.39 is 11.8 Å². The number of carbonyl (C=O) groups is 1. The number of esters is 1. The molecule has 112 valence electrons. The Kier molecular flexibility index (Phi) is 4.87. The van der Waals surface area contributed by atoms with Gasteiger partial charge in [0, 0.05) is 17.0 Å². The molecule has 0 aliphatic carbocycles. The molecule has 0 saturated heterocycles. The number of aromatic nitrogens is 3. The molecule has 2 aromatic rings. The molecule has 1 aromatic carbocycles. The number of nitrogens with two attached hydrogens (primary N) is 1. The quantitative estimate of drug-likeness (QED) is 0.844. The summed E-state index contributed by atoms with van der Waals surface area (Å²) >= 11 is 5.99. The second-order valence-electron chi connectivity index (χ2n) is 4.27. The highest BCUT2D eigenvalue weighted by atomic mass is 35.5. The third kappa shape index (κ3) is 3.20. The standard InChI is InChI=1S/C13H14ClFN4O2/c1-21-13(20)12-11(5-6-16)19(18-17-12)7-8-9(14)3-2-4-10(8)15/h2-4H,5-7,16H2,1H3. The summed E-state index contributed by atoms with van der Waals surface area (Å²) in [7, 11) is 1.25. The van der Waals surface area contributed by atoms with Gasteiger partial charge in [-0.1, -0.05) is 22.9 Å². The second kappa shape index (κ2) is 6.64. The molecule has 2 rings (SSSR count). The van der Waals surface area contributed by atoms with Crippen LogP contribution in [0.1, 0.15) is 21.7 Å². The van der Waals surface area contributed by atoms with Crippen LogP contribution >= 0.6 is 11.6 Å². The molecule has 0 unspecified atom stereocenters. The summed E-state index contributed by atoms with van der Waals surface area (Å²) in [5, 5.41) is 7.93. The van der Waals surface area contributed by atoms with Crippen molar-refractivity contribution in [2.24, 2.45) is 5.73 Å². The van der Waals surface area contributed by atoms with Gasteiger partial charge in [-0.3, -0.25) is 0 Å². The van der Waals surface area contributed by atoms with Crippen molar-refractivity contribution < 1.29 is 13.9 Å². The van der Waals surface area contributed by atoms with Gasteiger partial charge < -0.3 is 10.5 Å². The molecule has 0 radical (unpaired) electrons. The van der Waals surface area contributed by atoms with E-state index in [1.807, 2.05) is 0 Å². The minimum Gasteiger partial charge on any atom is -0.464 e. The van der Waals surface area contributed by atoms with E-state index in [2.05, 4.69) is 15.0 Å². The van der Waals surface area contributed by atoms with E-state index >= 15 is 0 Å². The lowest BCUT2D eigenvalue weighted by Gasteiger charge is -2.09. The molecule has 0 fully saturated rings. The Balaban J connectivity index is 2.40. The zero-order chi connectivity index (χ0) is 15.4. The fraction of sp³-hybridized carbons (Fsp3) is 0.308. The summed E-state index contributed by atoms with van der Waals surface area (Å²) in [4.78, 5) is 11.6. The van der Waals surface area contributed by atoms with Crippen molar-refractivity contribution in [3.8, 4) is 0 Å². The van der Waals surface area contributed by atoms with E-state index in [4.69, 9.17) is 17.3 Å². The van der Waals surface area contributed by atoms with Crippen LogP contribution in [0.15, 0.2) is 18.2 Å². The number of hydrogen-bond donors (Lipinski definition) is 1. The Morgan fingerprint density at radius 1 is 1.52 bits per heavy atom. The van der Waals surface area contributed by atoms with Gasteiger partial charge in [-0.25, -0.2) is 13.9 Å². The van der Waals surface area contributed by atoms with Crippen LogP contribution in [-0.4, -0.2) is 34.6 Å². The summed E-state index contributed by atoms with van der Waals surface area (Å²) in [5.74, 6) is -1.05. The van der Waals surface area contributed by atoms with Crippen molar-refractivity contribution in [2.75, 3.05) is 13.7 Å². The largest absolute Gasteiger partial charge is 0.464 e. The fourth-order valence-corrected chi connectivity index (χ4v) is 2.16. The highest BCUT2D eigenvalue weighted by Crippen LogP contribution is 2.21. The van der Waals surface area contributed by atoms with Crippen molar-refractivity contribution in [1.82, 2.24) is 15.0 Å². The van der Waals surface area contributed by atoms with Gasteiger partial charge in [-0.05, 0) is 18.7 Å². The zero-order valence-corrected chi connectivity index (χ0v) is 12.1. The number of benzene rings is 1. The first kappa shape index (κ1) is 15.4. The van der Waals surface area contributed by atoms with E-state index in [1.165, 1.54) is 23.9 Å². The maximum atomic E-state index is 13.8. The third-order valence-electron chi connectivity index (χ3n) is 2.97. The van der Waals surface area contributed by atoms with Gasteiger partial charge in [0.05, 0.1) is 19.3 Å². The SMILES string of the molecule is COC(=O)c1nnn(Cc2c(F)cccc2Cl)c1CCN. The van der Waals surface area contributed by atoms with Crippen molar-refractivity contribution >= 4 is 17.6 Å². The molecule has 0 aliphatic rings. The Bertz CT molecular complexity index is 639. The lowest BCUT2D eigenvalue weighted by atomic mass is 10.2. The maximum absolute atomic E-state index is 13.8. The van der Waals surface area contributed by atoms with Gasteiger partial charge in [0.1, 0.15) is 5.82 Å². The molecule has 21 heavy (non-hydrogen) atoms. The van der Waals surface area contributed by atoms with Crippen LogP contribution in [0.3, 0.4) is 0 Å². The number of ether oxygens (including phenoxy) is 1. The minimum absolute atomic E-state index is 0.0604. The Hall–Kier alpha value is -1.99. The predicted molar refractivity (Wildman–Crippen MR) is 74.6 cm³/mol. The Morgan fingerprint density at radius 3 is 2.90 bits per heavy atom. The first-order valence-corrected chi connectivity index (χ1v) is 6.60. The van der Waals surface area contributed by atoms with Crippen LogP contribution in [0.4, 0.5) is 4.39 Å². The topological polar surface area (TPSA) is 83.0 Å². The molecule has 1 heterocycles. The summed E-state index contributed by atoms with van der Waals surface area (Å²) in [5.41, 5.74) is 6.38. The third-order valence-corrected chi connectivity index (χ3v) is 3.32. The van der Waals surface area contributed by atoms with Gasteiger partial charge in [-0.15, -0.1) is 5.10 Å². The summed E-state index contributed by atoms with van der Waals surface area (Å²) in [6, 6.07) is 4.41. The molecule has 8 heteroatoms. The van der Waals surface area contributed by atoms with Crippen LogP contribution in [0.25, 0.3) is 0 Å². The molecule has 1 aromatic heterocycles. The Morgan fingerprint density at radius 2 is 2.29 bits per heavy atom. The minimum atomic E-state index is -0.607. The van der Waals surface area contributed by atoms with Crippen LogP contribution < -0.4 is 5.73 Å². The molecule has 0 spiro atoms. The number of rotatable bonds is 5. The first-order valence-electron chi connectivity index (χ1n) is 6.22. The summed E-state index contributed by atoms with van der Waals surface area (Å²) in [6.45, 7) is 0.354. The van der Waals surface area contributed by atoms with Crippen molar-refractivity contribution in [2.45, 2.75) is 13.0 Å². The average molecular weight is 313 g/mol. The fourth-order valence-electron chi connectivity index (χ4n) is 1.93. The van der Waals surface area contributed by atoms with Gasteiger partial charge in [0.25, 0.3) is 0 Å². The van der Waals surface area contributed by atoms with Gasteiger partial charge in [-0.2, -0.15) is 0 Å². The van der Waals surface area contributed by atoms with E-state index in [9.17, 15) is 9.18 Å². The van der Waals surface area contributed by atoms with Crippen molar-refractivity contribution in [3.05, 3.63) is 46.0 Å². The lowest BCUT2D eigenvalue weighted by molar-refractivity contribution is 0.0592. The van der Waals surface area contributed by atoms with Crippen LogP contribution in [0, 0.1) is 5.82 Å². The van der Waals surface area contributed by atoms with Gasteiger partial charge >= 0.3 is 5.97 Å². The number of carbonyl (C=O) groups excluding carboxylic acids is 1. The molecule has 6 nitrogen and oxygen atoms in total. The molecule has 0 saturated carbocycles. The first-order chi connectivity index (χ1) is 10.1. The molecule has 0 bridgehead atoms. The monoisotopic (exact) mass is 312 g/mol. The average Bonchev–Trinajstić information content (AvgIpc) is 2.86. The van der Waals surface area contributed by atoms with E-state index in [-0.39, 0.29) is 22.8 Å². The Labute approximate surface area is 125 Å².